The van der Waals surface area contributed by atoms with Crippen LogP contribution in [0.4, 0.5) is 5.69 Å². The zero-order valence-electron chi connectivity index (χ0n) is 17.2. The third-order valence-electron chi connectivity index (χ3n) is 4.23. The number of nitrogens with zero attached hydrogens (tertiary/aromatic N) is 3. The highest BCUT2D eigenvalue weighted by Crippen LogP contribution is 2.31. The molecular weight excluding hydrogens is 480 g/mol. The van der Waals surface area contributed by atoms with Crippen LogP contribution in [0.2, 0.25) is 0 Å². The summed E-state index contributed by atoms with van der Waals surface area (Å²) in [6.45, 7) is 6.21. The summed E-state index contributed by atoms with van der Waals surface area (Å²) in [6, 6.07) is 14.9. The van der Waals surface area contributed by atoms with Gasteiger partial charge in [-0.05, 0) is 37.3 Å². The predicted molar refractivity (Wildman–Crippen MR) is 126 cm³/mol. The number of ether oxygens (including phenoxy) is 2. The maximum atomic E-state index is 12.4. The number of amides is 1. The molecule has 0 aliphatic rings. The minimum atomic E-state index is -0.381. The molecule has 0 saturated carbocycles. The largest absolute Gasteiger partial charge is 0.493 e. The molecule has 1 aromatic heterocycles. The van der Waals surface area contributed by atoms with Crippen molar-refractivity contribution in [3.8, 4) is 11.5 Å². The second-order valence-corrected chi connectivity index (χ2v) is 8.36. The number of hydrogen-bond donors (Lipinski definition) is 1. The van der Waals surface area contributed by atoms with Crippen molar-refractivity contribution in [3.05, 3.63) is 71.5 Å². The van der Waals surface area contributed by atoms with Crippen LogP contribution in [0.15, 0.2) is 70.8 Å². The molecule has 31 heavy (non-hydrogen) atoms. The fraction of sp³-hybridized carbons (Fsp3) is 0.227. The lowest BCUT2D eigenvalue weighted by Gasteiger charge is -2.17. The van der Waals surface area contributed by atoms with Gasteiger partial charge in [-0.3, -0.25) is 9.36 Å². The van der Waals surface area contributed by atoms with E-state index in [1.807, 2.05) is 60.0 Å². The van der Waals surface area contributed by atoms with Crippen LogP contribution in [0.3, 0.4) is 0 Å². The standard InChI is InChI=1S/C22H23BrN4O3S/c1-4-12-27-21(15(2)30-19-11-6-5-10-18(19)29-3)25-26-22(27)31-14-20(28)24-17-9-7-8-16(23)13-17/h4-11,13,15H,1,12,14H2,2-3H3,(H,24,28). The SMILES string of the molecule is C=CCn1c(SCC(=O)Nc2cccc(Br)c2)nnc1C(C)Oc1ccccc1OC. The summed E-state index contributed by atoms with van der Waals surface area (Å²) >= 11 is 4.70. The zero-order chi connectivity index (χ0) is 22.2. The van der Waals surface area contributed by atoms with Crippen molar-refractivity contribution in [3.63, 3.8) is 0 Å². The molecule has 1 atom stereocenters. The summed E-state index contributed by atoms with van der Waals surface area (Å²) in [7, 11) is 1.60. The lowest BCUT2D eigenvalue weighted by Crippen LogP contribution is -2.15. The molecule has 0 saturated heterocycles. The average molecular weight is 503 g/mol. The number of hydrogen-bond acceptors (Lipinski definition) is 6. The Balaban J connectivity index is 1.69. The Morgan fingerprint density at radius 1 is 1.26 bits per heavy atom. The summed E-state index contributed by atoms with van der Waals surface area (Å²) in [5.41, 5.74) is 0.729. The third kappa shape index (κ3) is 6.11. The number of nitrogens with one attached hydrogen (secondary N) is 1. The van der Waals surface area contributed by atoms with Gasteiger partial charge in [-0.1, -0.05) is 52.0 Å². The van der Waals surface area contributed by atoms with Crippen molar-refractivity contribution in [1.29, 1.82) is 0 Å². The van der Waals surface area contributed by atoms with Gasteiger partial charge in [0.2, 0.25) is 5.91 Å². The van der Waals surface area contributed by atoms with Crippen LogP contribution < -0.4 is 14.8 Å². The lowest BCUT2D eigenvalue weighted by atomic mass is 10.3. The molecule has 0 spiro atoms. The van der Waals surface area contributed by atoms with E-state index in [1.54, 1.807) is 13.2 Å². The van der Waals surface area contributed by atoms with Gasteiger partial charge in [-0.15, -0.1) is 16.8 Å². The van der Waals surface area contributed by atoms with Crippen molar-refractivity contribution in [1.82, 2.24) is 14.8 Å². The topological polar surface area (TPSA) is 78.3 Å². The Morgan fingerprint density at radius 2 is 2.03 bits per heavy atom. The lowest BCUT2D eigenvalue weighted by molar-refractivity contribution is -0.113. The highest BCUT2D eigenvalue weighted by Gasteiger charge is 2.20. The number of carbonyl (C=O) groups is 1. The molecule has 1 heterocycles. The number of rotatable bonds is 10. The quantitative estimate of drug-likeness (QED) is 0.306. The molecule has 162 valence electrons. The molecule has 1 amide bonds. The van der Waals surface area contributed by atoms with Gasteiger partial charge in [0.15, 0.2) is 28.6 Å². The van der Waals surface area contributed by atoms with Gasteiger partial charge in [-0.2, -0.15) is 0 Å². The Morgan fingerprint density at radius 3 is 2.74 bits per heavy atom. The van der Waals surface area contributed by atoms with E-state index in [0.29, 0.717) is 29.0 Å². The number of aromatic nitrogens is 3. The summed E-state index contributed by atoms with van der Waals surface area (Å²) in [4.78, 5) is 12.4. The van der Waals surface area contributed by atoms with E-state index >= 15 is 0 Å². The van der Waals surface area contributed by atoms with Gasteiger partial charge in [0.05, 0.1) is 12.9 Å². The third-order valence-corrected chi connectivity index (χ3v) is 5.69. The van der Waals surface area contributed by atoms with Crippen molar-refractivity contribution in [2.75, 3.05) is 18.2 Å². The monoisotopic (exact) mass is 502 g/mol. The summed E-state index contributed by atoms with van der Waals surface area (Å²) in [5.74, 6) is 1.97. The maximum absolute atomic E-state index is 12.4. The highest BCUT2D eigenvalue weighted by atomic mass is 79.9. The van der Waals surface area contributed by atoms with Crippen molar-refractivity contribution < 1.29 is 14.3 Å². The number of halogens is 1. The number of methoxy groups -OCH3 is 1. The number of anilines is 1. The molecule has 0 aliphatic carbocycles. The van der Waals surface area contributed by atoms with Gasteiger partial charge in [0, 0.05) is 16.7 Å². The molecule has 0 radical (unpaired) electrons. The van der Waals surface area contributed by atoms with Gasteiger partial charge >= 0.3 is 0 Å². The normalized spacial score (nSPS) is 11.6. The van der Waals surface area contributed by atoms with E-state index in [0.717, 1.165) is 10.2 Å². The van der Waals surface area contributed by atoms with Crippen LogP contribution >= 0.6 is 27.7 Å². The minimum Gasteiger partial charge on any atom is -0.493 e. The van der Waals surface area contributed by atoms with E-state index in [4.69, 9.17) is 9.47 Å². The fourth-order valence-corrected chi connectivity index (χ4v) is 4.02. The van der Waals surface area contributed by atoms with Crippen molar-refractivity contribution in [2.45, 2.75) is 24.7 Å². The second-order valence-electron chi connectivity index (χ2n) is 6.50. The molecule has 7 nitrogen and oxygen atoms in total. The first-order valence-corrected chi connectivity index (χ1v) is 11.3. The Hall–Kier alpha value is -2.78. The number of thioether (sulfide) groups is 1. The van der Waals surface area contributed by atoms with Crippen LogP contribution in [0.25, 0.3) is 0 Å². The summed E-state index contributed by atoms with van der Waals surface area (Å²) in [6.07, 6.45) is 1.38. The molecular formula is C22H23BrN4O3S. The van der Waals surface area contributed by atoms with Gasteiger partial charge in [0.1, 0.15) is 0 Å². The summed E-state index contributed by atoms with van der Waals surface area (Å²) in [5, 5.41) is 12.1. The van der Waals surface area contributed by atoms with Crippen LogP contribution in [0.1, 0.15) is 18.9 Å². The smallest absolute Gasteiger partial charge is 0.234 e. The number of allylic oxidation sites excluding steroid dienone is 1. The van der Waals surface area contributed by atoms with Crippen molar-refractivity contribution >= 4 is 39.3 Å². The molecule has 3 aromatic rings. The van der Waals surface area contributed by atoms with Crippen LogP contribution in [-0.2, 0) is 11.3 Å². The first-order valence-electron chi connectivity index (χ1n) is 9.53. The molecule has 1 unspecified atom stereocenters. The van der Waals surface area contributed by atoms with Crippen LogP contribution in [0, 0.1) is 0 Å². The summed E-state index contributed by atoms with van der Waals surface area (Å²) < 4.78 is 14.2. The highest BCUT2D eigenvalue weighted by molar-refractivity contribution is 9.10. The van der Waals surface area contributed by atoms with Gasteiger partial charge in [0.25, 0.3) is 0 Å². The Bertz CT molecular complexity index is 1060. The maximum Gasteiger partial charge on any atom is 0.234 e. The molecule has 1 N–H and O–H groups in total. The molecule has 2 aromatic carbocycles. The van der Waals surface area contributed by atoms with E-state index < -0.39 is 0 Å². The predicted octanol–water partition coefficient (Wildman–Crippen LogP) is 5.11. The van der Waals surface area contributed by atoms with E-state index in [2.05, 4.69) is 38.0 Å². The average Bonchev–Trinajstić information content (AvgIpc) is 3.15. The molecule has 3 rings (SSSR count). The number of para-hydroxylation sites is 2. The first-order chi connectivity index (χ1) is 15.0. The van der Waals surface area contributed by atoms with Crippen LogP contribution in [0.5, 0.6) is 11.5 Å². The molecule has 0 aliphatic heterocycles. The van der Waals surface area contributed by atoms with Crippen molar-refractivity contribution in [2.24, 2.45) is 0 Å². The van der Waals surface area contributed by atoms with E-state index in [-0.39, 0.29) is 17.8 Å². The number of carbonyl (C=O) groups excluding carboxylic acids is 1. The van der Waals surface area contributed by atoms with E-state index in [9.17, 15) is 4.79 Å². The Kier molecular flexibility index (Phi) is 8.13. The van der Waals surface area contributed by atoms with Gasteiger partial charge < -0.3 is 14.8 Å². The number of benzene rings is 2. The fourth-order valence-electron chi connectivity index (χ4n) is 2.86. The molecule has 9 heteroatoms. The zero-order valence-corrected chi connectivity index (χ0v) is 19.6. The second kappa shape index (κ2) is 11.0. The molecule has 0 bridgehead atoms. The van der Waals surface area contributed by atoms with E-state index in [1.165, 1.54) is 11.8 Å². The van der Waals surface area contributed by atoms with Crippen LogP contribution in [-0.4, -0.2) is 33.5 Å². The molecule has 0 fully saturated rings. The first kappa shape index (κ1) is 22.9. The minimum absolute atomic E-state index is 0.129. The Labute approximate surface area is 194 Å². The van der Waals surface area contributed by atoms with Gasteiger partial charge in [-0.25, -0.2) is 0 Å².